The van der Waals surface area contributed by atoms with Crippen molar-refractivity contribution in [3.05, 3.63) is 235 Å². The van der Waals surface area contributed by atoms with E-state index in [9.17, 15) is 24.0 Å². The van der Waals surface area contributed by atoms with Crippen LogP contribution in [-0.4, -0.2) is 258 Å². The van der Waals surface area contributed by atoms with Crippen LogP contribution >= 0.6 is 58.0 Å². The number of piperazine rings is 5. The third-order valence-electron chi connectivity index (χ3n) is 27.3. The molecule has 0 bridgehead atoms. The first-order valence-electron chi connectivity index (χ1n) is 50.0. The molecule has 778 valence electrons. The van der Waals surface area contributed by atoms with Crippen molar-refractivity contribution in [3.63, 3.8) is 0 Å². The van der Waals surface area contributed by atoms with Crippen LogP contribution in [0.25, 0.3) is 55.2 Å². The summed E-state index contributed by atoms with van der Waals surface area (Å²) in [4.78, 5) is 135. The number of aryl methyl sites for hydroxylation is 5. The van der Waals surface area contributed by atoms with Crippen LogP contribution in [0.4, 0.5) is 82.8 Å². The van der Waals surface area contributed by atoms with Crippen LogP contribution < -0.4 is 51.1 Å². The van der Waals surface area contributed by atoms with Crippen molar-refractivity contribution in [1.82, 2.24) is 98.0 Å². The van der Waals surface area contributed by atoms with Gasteiger partial charge in [-0.1, -0.05) is 158 Å². The molecule has 0 aliphatic carbocycles. The molecule has 15 heterocycles. The van der Waals surface area contributed by atoms with Crippen LogP contribution in [0.5, 0.6) is 0 Å². The van der Waals surface area contributed by atoms with Gasteiger partial charge in [0.2, 0.25) is 29.7 Å². The number of nitrogens with zero attached hydrogens (tertiary/aromatic N) is 23. The number of hydrogen-bond donors (Lipinski definition) is 7. The maximum Gasteiger partial charge on any atom is 0.324 e. The van der Waals surface area contributed by atoms with Crippen LogP contribution in [-0.2, 0) is 43.8 Å². The summed E-state index contributed by atoms with van der Waals surface area (Å²) in [6, 6.07) is 46.6. The van der Waals surface area contributed by atoms with Gasteiger partial charge in [-0.25, -0.2) is 73.8 Å². The predicted molar refractivity (Wildman–Crippen MR) is 598 cm³/mol. The highest BCUT2D eigenvalue weighted by Gasteiger charge is 2.35. The minimum atomic E-state index is -0.163. The number of hydrogen-bond acceptors (Lipinski definition) is 20. The number of amides is 10. The molecule has 10 amide bonds. The fraction of sp³-hybridized carbons (Fsp3) is 0.398. The van der Waals surface area contributed by atoms with E-state index in [-0.39, 0.29) is 58.5 Å². The first kappa shape index (κ1) is 107. The molecule has 5 aliphatic heterocycles. The molecule has 40 heteroatoms. The molecular formula is C108H131Cl5N30O5. The molecular weight excluding hydrogens is 1970 g/mol. The summed E-state index contributed by atoms with van der Waals surface area (Å²) in [5.74, 6) is 7.01. The summed E-state index contributed by atoms with van der Waals surface area (Å²) in [7, 11) is 5.77. The monoisotopic (exact) mass is 2100 g/mol. The second-order valence-corrected chi connectivity index (χ2v) is 43.5. The van der Waals surface area contributed by atoms with Gasteiger partial charge in [-0.2, -0.15) is 0 Å². The number of carbonyl (C=O) groups is 5. The van der Waals surface area contributed by atoms with Gasteiger partial charge in [-0.05, 0) is 211 Å². The lowest BCUT2D eigenvalue weighted by Gasteiger charge is -2.40. The molecule has 5 aliphatic rings. The number of aromatic nitrogens is 15. The van der Waals surface area contributed by atoms with E-state index in [0.29, 0.717) is 179 Å². The molecule has 0 unspecified atom stereocenters. The molecule has 35 nitrogen and oxygen atoms in total. The van der Waals surface area contributed by atoms with Crippen molar-refractivity contribution in [3.8, 4) is 0 Å². The molecule has 10 aromatic heterocycles. The van der Waals surface area contributed by atoms with E-state index in [4.69, 9.17) is 58.0 Å². The largest absolute Gasteiger partial charge is 0.352 e. The van der Waals surface area contributed by atoms with Crippen molar-refractivity contribution in [1.29, 1.82) is 0 Å². The van der Waals surface area contributed by atoms with E-state index in [1.54, 1.807) is 45.7 Å². The van der Waals surface area contributed by atoms with Gasteiger partial charge in [0.1, 0.15) is 29.1 Å². The van der Waals surface area contributed by atoms with Gasteiger partial charge in [0, 0.05) is 182 Å². The summed E-state index contributed by atoms with van der Waals surface area (Å²) in [6.45, 7) is 43.7. The molecule has 148 heavy (non-hydrogen) atoms. The lowest BCUT2D eigenvalue weighted by molar-refractivity contribution is 0.184. The highest BCUT2D eigenvalue weighted by atomic mass is 35.5. The van der Waals surface area contributed by atoms with Crippen molar-refractivity contribution < 1.29 is 24.0 Å². The van der Waals surface area contributed by atoms with Crippen molar-refractivity contribution in [2.45, 2.75) is 139 Å². The zero-order valence-electron chi connectivity index (χ0n) is 87.1. The van der Waals surface area contributed by atoms with Crippen LogP contribution in [0.1, 0.15) is 123 Å². The Bertz CT molecular complexity index is 7130. The number of carbonyl (C=O) groups excluding carboxylic acids is 5. The topological polar surface area (TPSA) is 353 Å². The van der Waals surface area contributed by atoms with Crippen molar-refractivity contribution in [2.24, 2.45) is 27.1 Å². The Kier molecular flexibility index (Phi) is 33.0. The SMILES string of the molecule is CC(C)Cc1ccc2c(c1)nc(NC(=O)N1CCN(c3ncccc3Cl)CC1)n2C.C[C@@H]1CN(c2ncccc2Cl)CCN1C(=O)Nc1nc2ccc(C(C)(C)C)cc2[nH]1.C[C@H]1CN(c2ncccc2Cl)CCN1C(=O)Nc1nc2ccc(C(C)(C)C)cc2[nH]1.Cc1cc2nc(NC(=O)N3CCN(c4ncccc4Cl)CC3)n(C)c2cc1C.Cn1c(NC(=O)N2CCN(c3ncccc3Cl)CC2)nc2ccc(C(C)(C)C)cc21. The van der Waals surface area contributed by atoms with E-state index in [1.165, 1.54) is 33.4 Å². The molecule has 15 aromatic rings. The fourth-order valence-corrected chi connectivity index (χ4v) is 19.7. The Morgan fingerprint density at radius 1 is 0.345 bits per heavy atom. The lowest BCUT2D eigenvalue weighted by Crippen LogP contribution is -2.55. The van der Waals surface area contributed by atoms with Gasteiger partial charge in [-0.3, -0.25) is 26.6 Å². The number of anilines is 10. The number of halogens is 5. The van der Waals surface area contributed by atoms with Gasteiger partial charge in [0.25, 0.3) is 0 Å². The average molecular weight is 2110 g/mol. The molecule has 20 rings (SSSR count). The van der Waals surface area contributed by atoms with Crippen LogP contribution in [0.3, 0.4) is 0 Å². The number of aromatic amines is 2. The molecule has 5 saturated heterocycles. The average Bonchev–Trinajstić information content (AvgIpc) is 1.67. The Hall–Kier alpha value is -14.0. The second kappa shape index (κ2) is 45.8. The number of urea groups is 5. The fourth-order valence-electron chi connectivity index (χ4n) is 18.5. The highest BCUT2D eigenvalue weighted by Crippen LogP contribution is 2.36. The van der Waals surface area contributed by atoms with E-state index < -0.39 is 0 Å². The van der Waals surface area contributed by atoms with E-state index in [2.05, 4.69) is 268 Å². The third-order valence-corrected chi connectivity index (χ3v) is 28.8. The Morgan fingerprint density at radius 2 is 0.655 bits per heavy atom. The molecule has 7 N–H and O–H groups in total. The van der Waals surface area contributed by atoms with Gasteiger partial charge in [0.05, 0.1) is 80.3 Å². The van der Waals surface area contributed by atoms with Gasteiger partial charge in [-0.15, -0.1) is 0 Å². The number of imidazole rings is 5. The normalized spacial score (nSPS) is 15.8. The maximum atomic E-state index is 12.9. The molecule has 0 spiro atoms. The molecule has 0 saturated carbocycles. The van der Waals surface area contributed by atoms with Gasteiger partial charge in [0.15, 0.2) is 0 Å². The predicted octanol–water partition coefficient (Wildman–Crippen LogP) is 21.3. The van der Waals surface area contributed by atoms with Gasteiger partial charge < -0.3 is 72.7 Å². The number of fused-ring (bicyclic) bond motifs is 5. The minimum absolute atomic E-state index is 0.00805. The van der Waals surface area contributed by atoms with Crippen LogP contribution in [0.15, 0.2) is 177 Å². The summed E-state index contributed by atoms with van der Waals surface area (Å²) >= 11 is 31.3. The minimum Gasteiger partial charge on any atom is -0.352 e. The smallest absolute Gasteiger partial charge is 0.324 e. The lowest BCUT2D eigenvalue weighted by atomic mass is 9.87. The third kappa shape index (κ3) is 25.3. The standard InChI is InChI=1S/4C22H27ClN6O.C20H23ClN6O/c1-22(2,3)15-7-8-17-18(14-15)27(4)20(25-17)26-21(30)29-12-10-28(11-13-29)19-16(23)6-5-9-24-19;2*1-14-13-28(19-16(23)6-5-9-24-19)10-11-29(14)21(30)27-20-25-17-8-7-15(22(2,3)4)12-18(17)26-20;1-15(2)13-16-6-7-19-18(14-16)25-21(27(19)3)26-22(30)29-11-9-28(10-12-29)20-17(23)5-4-8-24-20;1-13-11-16-17(12-14(13)2)25(3)19(23-16)24-20(28)27-9-7-26(8-10-27)18-15(21)5-4-6-22-18/h5-9,14H,10-13H2,1-4H3,(H,25,26,30);2*5-9,12,14H,10-11,13H2,1-4H3,(H2,25,26,27,30);4-8,14-15H,9-13H2,1-3H3,(H,25,26,30);4-6,11-12H,7-10H2,1-3H3,(H,23,24,28)/t;2*14-;;/m.10../s1. The Morgan fingerprint density at radius 3 is 1.00 bits per heavy atom. The molecule has 5 fully saturated rings. The summed E-state index contributed by atoms with van der Waals surface area (Å²) < 4.78 is 5.78. The number of pyridine rings is 5. The Labute approximate surface area is 887 Å². The molecule has 2 atom stereocenters. The number of rotatable bonds is 12. The van der Waals surface area contributed by atoms with Gasteiger partial charge >= 0.3 is 30.2 Å². The summed E-state index contributed by atoms with van der Waals surface area (Å²) in [6.07, 6.45) is 9.68. The zero-order valence-corrected chi connectivity index (χ0v) is 90.9. The van der Waals surface area contributed by atoms with Crippen molar-refractivity contribution in [2.75, 3.05) is 169 Å². The Balaban J connectivity index is 0.000000132. The molecule has 0 radical (unpaired) electrons. The van der Waals surface area contributed by atoms with E-state index >= 15 is 0 Å². The first-order valence-corrected chi connectivity index (χ1v) is 51.9. The number of nitrogens with one attached hydrogen (secondary N) is 7. The number of H-pyrrole nitrogens is 2. The quantitative estimate of drug-likeness (QED) is 0.0597. The molecule has 5 aromatic carbocycles. The zero-order chi connectivity index (χ0) is 105. The van der Waals surface area contributed by atoms with E-state index in [0.717, 1.165) is 90.7 Å². The van der Waals surface area contributed by atoms with Crippen LogP contribution in [0, 0.1) is 19.8 Å². The van der Waals surface area contributed by atoms with Crippen LogP contribution in [0.2, 0.25) is 25.1 Å². The summed E-state index contributed by atoms with van der Waals surface area (Å²) in [5, 5.41) is 17.9. The second-order valence-electron chi connectivity index (χ2n) is 41.5. The van der Waals surface area contributed by atoms with E-state index in [1.807, 2.05) is 137 Å². The number of benzene rings is 5. The first-order chi connectivity index (χ1) is 70.5. The highest BCUT2D eigenvalue weighted by molar-refractivity contribution is 6.34. The maximum absolute atomic E-state index is 12.9. The summed E-state index contributed by atoms with van der Waals surface area (Å²) in [5.41, 5.74) is 16.7. The van der Waals surface area contributed by atoms with Crippen molar-refractivity contribution >= 4 is 202 Å².